The molecule has 3 rings (SSSR count). The zero-order chi connectivity index (χ0) is 25.8. The van der Waals surface area contributed by atoms with Crippen LogP contribution in [0.3, 0.4) is 0 Å². The van der Waals surface area contributed by atoms with Crippen LogP contribution in [0.2, 0.25) is 0 Å². The number of carbonyl (C=O) groups is 1. The monoisotopic (exact) mass is 493 g/mol. The molecule has 0 radical (unpaired) electrons. The number of halogens is 6. The Labute approximate surface area is 193 Å². The van der Waals surface area contributed by atoms with E-state index in [-0.39, 0.29) is 29.1 Å². The quantitative estimate of drug-likeness (QED) is 0.231. The van der Waals surface area contributed by atoms with Gasteiger partial charge in [-0.1, -0.05) is 0 Å². The number of urea groups is 1. The molecule has 0 aliphatic rings. The number of nitriles is 1. The number of carbonyl (C=O) groups excluding carboxylic acids is 1. The fraction of sp³-hybridized carbons (Fsp3) is 0.0909. The first kappa shape index (κ1) is 25.0. The van der Waals surface area contributed by atoms with Gasteiger partial charge in [0.25, 0.3) is 0 Å². The van der Waals surface area contributed by atoms with Gasteiger partial charge in [0, 0.05) is 23.9 Å². The van der Waals surface area contributed by atoms with Crippen LogP contribution in [0, 0.1) is 28.8 Å². The minimum atomic E-state index is -4.95. The van der Waals surface area contributed by atoms with Crippen molar-refractivity contribution in [1.82, 2.24) is 4.98 Å². The van der Waals surface area contributed by atoms with Crippen molar-refractivity contribution in [2.24, 2.45) is 10.8 Å². The summed E-state index contributed by atoms with van der Waals surface area (Å²) in [6.07, 6.45) is -4.07. The van der Waals surface area contributed by atoms with E-state index in [1.807, 2.05) is 6.07 Å². The lowest BCUT2D eigenvalue weighted by Gasteiger charge is -2.18. The number of hydrazone groups is 1. The standard InChI is InChI=1S/C22H13F6N5O2/c23-17-8-7-16(19(24)20(17)25)18(9-13-2-1-12(10-29)11-31-13)32-33(21(30)34)14-3-5-15(6-4-14)35-22(26,27)28/h1-8,11H,9H2,(H2,30,34)/b32-18+. The summed E-state index contributed by atoms with van der Waals surface area (Å²) in [4.78, 5) is 16.1. The number of nitrogens with zero attached hydrogens (tertiary/aromatic N) is 4. The molecule has 0 aliphatic heterocycles. The minimum Gasteiger partial charge on any atom is -0.406 e. The molecule has 1 aromatic heterocycles. The van der Waals surface area contributed by atoms with Gasteiger partial charge in [-0.2, -0.15) is 15.4 Å². The fourth-order valence-corrected chi connectivity index (χ4v) is 2.84. The lowest BCUT2D eigenvalue weighted by Crippen LogP contribution is -2.33. The SMILES string of the molecule is N#Cc1ccc(C/C(=N\N(C(N)=O)c2ccc(OC(F)(F)F)cc2)c2ccc(F)c(F)c2F)nc1. The van der Waals surface area contributed by atoms with Gasteiger partial charge in [0.2, 0.25) is 0 Å². The Morgan fingerprint density at radius 1 is 1.06 bits per heavy atom. The van der Waals surface area contributed by atoms with Crippen molar-refractivity contribution in [2.75, 3.05) is 5.01 Å². The zero-order valence-corrected chi connectivity index (χ0v) is 17.4. The number of pyridine rings is 1. The van der Waals surface area contributed by atoms with Gasteiger partial charge in [-0.25, -0.2) is 18.0 Å². The van der Waals surface area contributed by atoms with Gasteiger partial charge in [0.15, 0.2) is 17.5 Å². The third-order valence-corrected chi connectivity index (χ3v) is 4.39. The number of aromatic nitrogens is 1. The Morgan fingerprint density at radius 3 is 2.29 bits per heavy atom. The molecule has 2 aromatic carbocycles. The first-order valence-corrected chi connectivity index (χ1v) is 9.50. The van der Waals surface area contributed by atoms with Crippen molar-refractivity contribution in [3.05, 3.63) is 89.0 Å². The molecule has 180 valence electrons. The van der Waals surface area contributed by atoms with Crippen molar-refractivity contribution < 1.29 is 35.9 Å². The van der Waals surface area contributed by atoms with Crippen molar-refractivity contribution in [2.45, 2.75) is 12.8 Å². The average molecular weight is 493 g/mol. The Hall–Kier alpha value is -4.60. The van der Waals surface area contributed by atoms with Crippen LogP contribution in [0.1, 0.15) is 16.8 Å². The summed E-state index contributed by atoms with van der Waals surface area (Å²) in [5.74, 6) is -5.45. The van der Waals surface area contributed by atoms with E-state index in [9.17, 15) is 31.1 Å². The second-order valence-corrected chi connectivity index (χ2v) is 6.79. The summed E-state index contributed by atoms with van der Waals surface area (Å²) in [6.45, 7) is 0. The summed E-state index contributed by atoms with van der Waals surface area (Å²) < 4.78 is 82.9. The maximum absolute atomic E-state index is 14.6. The predicted molar refractivity (Wildman–Crippen MR) is 111 cm³/mol. The van der Waals surface area contributed by atoms with Gasteiger partial charge in [-0.15, -0.1) is 13.2 Å². The van der Waals surface area contributed by atoms with Crippen molar-refractivity contribution in [1.29, 1.82) is 5.26 Å². The van der Waals surface area contributed by atoms with E-state index in [2.05, 4.69) is 14.8 Å². The maximum atomic E-state index is 14.6. The zero-order valence-electron chi connectivity index (χ0n) is 17.4. The number of nitrogens with two attached hydrogens (primary N) is 1. The lowest BCUT2D eigenvalue weighted by molar-refractivity contribution is -0.274. The molecule has 0 bridgehead atoms. The van der Waals surface area contributed by atoms with Crippen molar-refractivity contribution in [3.63, 3.8) is 0 Å². The fourth-order valence-electron chi connectivity index (χ4n) is 2.84. The van der Waals surface area contributed by atoms with E-state index in [0.29, 0.717) is 11.1 Å². The molecule has 7 nitrogen and oxygen atoms in total. The summed E-state index contributed by atoms with van der Waals surface area (Å²) in [5.41, 5.74) is 4.78. The van der Waals surface area contributed by atoms with Crippen LogP contribution >= 0.6 is 0 Å². The number of amides is 2. The molecule has 0 spiro atoms. The second kappa shape index (κ2) is 10.1. The molecule has 1 heterocycles. The molecule has 0 saturated carbocycles. The molecule has 35 heavy (non-hydrogen) atoms. The van der Waals surface area contributed by atoms with Gasteiger partial charge in [-0.05, 0) is 48.5 Å². The van der Waals surface area contributed by atoms with E-state index >= 15 is 0 Å². The van der Waals surface area contributed by atoms with E-state index in [4.69, 9.17) is 11.0 Å². The molecular weight excluding hydrogens is 480 g/mol. The molecule has 0 atom stereocenters. The smallest absolute Gasteiger partial charge is 0.406 e. The predicted octanol–water partition coefficient (Wildman–Crippen LogP) is 4.80. The Balaban J connectivity index is 2.07. The summed E-state index contributed by atoms with van der Waals surface area (Å²) in [7, 11) is 0. The summed E-state index contributed by atoms with van der Waals surface area (Å²) >= 11 is 0. The van der Waals surface area contributed by atoms with E-state index in [1.165, 1.54) is 18.3 Å². The maximum Gasteiger partial charge on any atom is 0.573 e. The highest BCUT2D eigenvalue weighted by atomic mass is 19.4. The van der Waals surface area contributed by atoms with Crippen LogP contribution in [0.4, 0.5) is 36.8 Å². The van der Waals surface area contributed by atoms with Crippen LogP contribution < -0.4 is 15.5 Å². The molecule has 0 aliphatic carbocycles. The third-order valence-electron chi connectivity index (χ3n) is 4.39. The van der Waals surface area contributed by atoms with E-state index in [0.717, 1.165) is 30.3 Å². The Bertz CT molecular complexity index is 1300. The second-order valence-electron chi connectivity index (χ2n) is 6.79. The van der Waals surface area contributed by atoms with Crippen molar-refractivity contribution in [3.8, 4) is 11.8 Å². The van der Waals surface area contributed by atoms with Crippen LogP contribution in [-0.4, -0.2) is 23.1 Å². The number of benzene rings is 2. The number of alkyl halides is 3. The van der Waals surface area contributed by atoms with Crippen LogP contribution in [0.25, 0.3) is 0 Å². The van der Waals surface area contributed by atoms with Crippen LogP contribution in [-0.2, 0) is 6.42 Å². The first-order chi connectivity index (χ1) is 16.5. The summed E-state index contributed by atoms with van der Waals surface area (Å²) in [6, 6.07) is 8.77. The highest BCUT2D eigenvalue weighted by molar-refractivity contribution is 6.04. The molecule has 0 saturated heterocycles. The highest BCUT2D eigenvalue weighted by Gasteiger charge is 2.31. The topological polar surface area (TPSA) is 105 Å². The van der Waals surface area contributed by atoms with Gasteiger partial charge in [0.05, 0.1) is 17.0 Å². The molecular formula is C22H13F6N5O2. The van der Waals surface area contributed by atoms with Gasteiger partial charge >= 0.3 is 12.4 Å². The van der Waals surface area contributed by atoms with Gasteiger partial charge in [0.1, 0.15) is 11.8 Å². The minimum absolute atomic E-state index is 0.139. The Kier molecular flexibility index (Phi) is 7.24. The number of ether oxygens (including phenoxy) is 1. The first-order valence-electron chi connectivity index (χ1n) is 9.50. The lowest BCUT2D eigenvalue weighted by atomic mass is 10.0. The largest absolute Gasteiger partial charge is 0.573 e. The normalized spacial score (nSPS) is 11.6. The van der Waals surface area contributed by atoms with Crippen LogP contribution in [0.15, 0.2) is 59.8 Å². The number of hydrogen-bond acceptors (Lipinski definition) is 5. The van der Waals surface area contributed by atoms with E-state index < -0.39 is 41.2 Å². The highest BCUT2D eigenvalue weighted by Crippen LogP contribution is 2.26. The molecule has 2 N–H and O–H groups in total. The number of primary amides is 1. The van der Waals surface area contributed by atoms with Crippen molar-refractivity contribution >= 4 is 17.4 Å². The number of hydrogen-bond donors (Lipinski definition) is 1. The molecule has 13 heteroatoms. The average Bonchev–Trinajstić information content (AvgIpc) is 2.80. The molecule has 2 amide bonds. The number of rotatable bonds is 6. The summed E-state index contributed by atoms with van der Waals surface area (Å²) in [5, 5.41) is 13.4. The van der Waals surface area contributed by atoms with Gasteiger partial charge < -0.3 is 10.5 Å². The molecule has 0 unspecified atom stereocenters. The Morgan fingerprint density at radius 2 is 1.74 bits per heavy atom. The van der Waals surface area contributed by atoms with E-state index in [1.54, 1.807) is 0 Å². The molecule has 0 fully saturated rings. The number of anilines is 1. The third kappa shape index (κ3) is 6.26. The molecule has 3 aromatic rings. The van der Waals surface area contributed by atoms with Crippen LogP contribution in [0.5, 0.6) is 5.75 Å². The van der Waals surface area contributed by atoms with Gasteiger partial charge in [-0.3, -0.25) is 4.98 Å².